The van der Waals surface area contributed by atoms with Gasteiger partial charge in [-0.05, 0) is 38.3 Å². The fourth-order valence-electron chi connectivity index (χ4n) is 2.63. The van der Waals surface area contributed by atoms with E-state index < -0.39 is 0 Å². The molecular weight excluding hydrogens is 302 g/mol. The molecule has 2 rings (SSSR count). The summed E-state index contributed by atoms with van der Waals surface area (Å²) in [5.41, 5.74) is 3.54. The van der Waals surface area contributed by atoms with Crippen molar-refractivity contribution in [1.29, 1.82) is 0 Å². The zero-order valence-electron chi connectivity index (χ0n) is 14.1. The molecule has 0 unspecified atom stereocenters. The summed E-state index contributed by atoms with van der Waals surface area (Å²) in [7, 11) is 0. The van der Waals surface area contributed by atoms with E-state index >= 15 is 0 Å². The highest BCUT2D eigenvalue weighted by Gasteiger charge is 2.20. The molecule has 0 spiro atoms. The fourth-order valence-corrected chi connectivity index (χ4v) is 3.40. The molecule has 0 aliphatic heterocycles. The van der Waals surface area contributed by atoms with Crippen molar-refractivity contribution in [3.8, 4) is 0 Å². The van der Waals surface area contributed by atoms with E-state index in [-0.39, 0.29) is 11.4 Å². The molecule has 2 nitrogen and oxygen atoms in total. The predicted octanol–water partition coefficient (Wildman–Crippen LogP) is 4.37. The summed E-state index contributed by atoms with van der Waals surface area (Å²) in [6, 6.07) is 18.7. The van der Waals surface area contributed by atoms with Gasteiger partial charge >= 0.3 is 0 Å². The third-order valence-corrected chi connectivity index (χ3v) is 4.55. The maximum atomic E-state index is 12.2. The normalized spacial score (nSPS) is 11.3. The summed E-state index contributed by atoms with van der Waals surface area (Å²) in [5.74, 6) is 1.46. The van der Waals surface area contributed by atoms with Crippen molar-refractivity contribution in [1.82, 2.24) is 5.32 Å². The number of hydrogen-bond acceptors (Lipinski definition) is 2. The molecular formula is C20H25NOS. The van der Waals surface area contributed by atoms with Gasteiger partial charge in [0.2, 0.25) is 5.91 Å². The number of aryl methyl sites for hydroxylation is 1. The zero-order valence-corrected chi connectivity index (χ0v) is 15.0. The maximum absolute atomic E-state index is 12.2. The van der Waals surface area contributed by atoms with Crippen LogP contribution in [0, 0.1) is 6.92 Å². The molecule has 1 N–H and O–H groups in total. The summed E-state index contributed by atoms with van der Waals surface area (Å²) in [6.45, 7) is 6.24. The van der Waals surface area contributed by atoms with Crippen LogP contribution in [-0.4, -0.2) is 17.2 Å². The molecule has 2 aromatic rings. The third-order valence-electron chi connectivity index (χ3n) is 3.55. The van der Waals surface area contributed by atoms with Crippen LogP contribution in [0.4, 0.5) is 0 Å². The molecule has 0 aromatic heterocycles. The van der Waals surface area contributed by atoms with E-state index in [2.05, 4.69) is 62.5 Å². The topological polar surface area (TPSA) is 29.1 Å². The summed E-state index contributed by atoms with van der Waals surface area (Å²) in [4.78, 5) is 12.2. The van der Waals surface area contributed by atoms with Gasteiger partial charge in [-0.1, -0.05) is 60.2 Å². The maximum Gasteiger partial charge on any atom is 0.230 e. The second-order valence-electron chi connectivity index (χ2n) is 6.58. The van der Waals surface area contributed by atoms with E-state index in [1.807, 2.05) is 18.2 Å². The molecule has 2 aromatic carbocycles. The van der Waals surface area contributed by atoms with Crippen LogP contribution in [0.1, 0.15) is 30.5 Å². The van der Waals surface area contributed by atoms with Crippen molar-refractivity contribution in [2.75, 3.05) is 5.75 Å². The van der Waals surface area contributed by atoms with Gasteiger partial charge in [-0.15, -0.1) is 11.8 Å². The van der Waals surface area contributed by atoms with Crippen LogP contribution < -0.4 is 5.32 Å². The molecule has 3 heteroatoms. The van der Waals surface area contributed by atoms with Crippen LogP contribution in [-0.2, 0) is 17.0 Å². The number of hydrogen-bond donors (Lipinski definition) is 1. The molecule has 0 aliphatic rings. The monoisotopic (exact) mass is 327 g/mol. The van der Waals surface area contributed by atoms with Crippen LogP contribution in [0.3, 0.4) is 0 Å². The number of benzene rings is 2. The first-order valence-corrected chi connectivity index (χ1v) is 9.08. The Bertz CT molecular complexity index is 637. The minimum atomic E-state index is -0.234. The Morgan fingerprint density at radius 2 is 1.74 bits per heavy atom. The number of amides is 1. The number of nitrogens with one attached hydrogen (secondary N) is 1. The first-order valence-electron chi connectivity index (χ1n) is 7.93. The van der Waals surface area contributed by atoms with Crippen molar-refractivity contribution in [2.45, 2.75) is 38.5 Å². The standard InChI is InChI=1S/C20H25NOS/c1-16-8-7-11-18(12-16)14-23-15-19(22)21-20(2,3)13-17-9-5-4-6-10-17/h4-12H,13-15H2,1-3H3,(H,21,22). The molecule has 0 fully saturated rings. The predicted molar refractivity (Wildman–Crippen MR) is 99.7 cm³/mol. The molecule has 0 bridgehead atoms. The van der Waals surface area contributed by atoms with Crippen LogP contribution in [0.5, 0.6) is 0 Å². The minimum Gasteiger partial charge on any atom is -0.350 e. The highest BCUT2D eigenvalue weighted by molar-refractivity contribution is 7.99. The first kappa shape index (κ1) is 17.6. The molecule has 122 valence electrons. The summed E-state index contributed by atoms with van der Waals surface area (Å²) in [5, 5.41) is 3.14. The van der Waals surface area contributed by atoms with Crippen molar-refractivity contribution in [2.24, 2.45) is 0 Å². The lowest BCUT2D eigenvalue weighted by atomic mass is 9.95. The third kappa shape index (κ3) is 6.49. The number of carbonyl (C=O) groups excluding carboxylic acids is 1. The van der Waals surface area contributed by atoms with Gasteiger partial charge in [-0.25, -0.2) is 0 Å². The van der Waals surface area contributed by atoms with Crippen molar-refractivity contribution in [3.63, 3.8) is 0 Å². The quantitative estimate of drug-likeness (QED) is 0.818. The highest BCUT2D eigenvalue weighted by Crippen LogP contribution is 2.15. The Hall–Kier alpha value is -1.74. The van der Waals surface area contributed by atoms with Crippen LogP contribution in [0.25, 0.3) is 0 Å². The van der Waals surface area contributed by atoms with Gasteiger partial charge in [0.05, 0.1) is 5.75 Å². The molecule has 0 radical (unpaired) electrons. The van der Waals surface area contributed by atoms with Gasteiger partial charge < -0.3 is 5.32 Å². The van der Waals surface area contributed by atoms with E-state index in [4.69, 9.17) is 0 Å². The Kier molecular flexibility index (Phi) is 6.28. The van der Waals surface area contributed by atoms with Crippen LogP contribution in [0.2, 0.25) is 0 Å². The van der Waals surface area contributed by atoms with E-state index in [9.17, 15) is 4.79 Å². The number of rotatable bonds is 7. The van der Waals surface area contributed by atoms with E-state index in [0.29, 0.717) is 5.75 Å². The highest BCUT2D eigenvalue weighted by atomic mass is 32.2. The lowest BCUT2D eigenvalue weighted by Crippen LogP contribution is -2.45. The lowest BCUT2D eigenvalue weighted by molar-refractivity contribution is -0.120. The van der Waals surface area contributed by atoms with Gasteiger partial charge in [-0.3, -0.25) is 4.79 Å². The summed E-state index contributed by atoms with van der Waals surface area (Å²) < 4.78 is 0. The fraction of sp³-hybridized carbons (Fsp3) is 0.350. The van der Waals surface area contributed by atoms with Gasteiger partial charge in [0.15, 0.2) is 0 Å². The summed E-state index contributed by atoms with van der Waals surface area (Å²) >= 11 is 1.66. The summed E-state index contributed by atoms with van der Waals surface area (Å²) in [6.07, 6.45) is 0.835. The van der Waals surface area contributed by atoms with Crippen LogP contribution >= 0.6 is 11.8 Å². The number of carbonyl (C=O) groups is 1. The lowest BCUT2D eigenvalue weighted by Gasteiger charge is -2.26. The van der Waals surface area contributed by atoms with Crippen LogP contribution in [0.15, 0.2) is 54.6 Å². The SMILES string of the molecule is Cc1cccc(CSCC(=O)NC(C)(C)Cc2ccccc2)c1. The Labute approximate surface area is 143 Å². The molecule has 23 heavy (non-hydrogen) atoms. The molecule has 0 heterocycles. The Morgan fingerprint density at radius 1 is 1.04 bits per heavy atom. The largest absolute Gasteiger partial charge is 0.350 e. The molecule has 0 saturated heterocycles. The Balaban J connectivity index is 1.77. The molecule has 1 amide bonds. The van der Waals surface area contributed by atoms with E-state index in [1.165, 1.54) is 16.7 Å². The van der Waals surface area contributed by atoms with Gasteiger partial charge in [0.25, 0.3) is 0 Å². The van der Waals surface area contributed by atoms with Crippen molar-refractivity contribution >= 4 is 17.7 Å². The first-order chi connectivity index (χ1) is 10.9. The average Bonchev–Trinajstić information content (AvgIpc) is 2.47. The molecule has 0 saturated carbocycles. The molecule has 0 aliphatic carbocycles. The Morgan fingerprint density at radius 3 is 2.43 bits per heavy atom. The molecule has 0 atom stereocenters. The van der Waals surface area contributed by atoms with Crippen molar-refractivity contribution < 1.29 is 4.79 Å². The van der Waals surface area contributed by atoms with E-state index in [1.54, 1.807) is 11.8 Å². The van der Waals surface area contributed by atoms with Gasteiger partial charge in [-0.2, -0.15) is 0 Å². The van der Waals surface area contributed by atoms with Crippen molar-refractivity contribution in [3.05, 3.63) is 71.3 Å². The average molecular weight is 327 g/mol. The van der Waals surface area contributed by atoms with E-state index in [0.717, 1.165) is 12.2 Å². The smallest absolute Gasteiger partial charge is 0.230 e. The van der Waals surface area contributed by atoms with Gasteiger partial charge in [0, 0.05) is 11.3 Å². The number of thioether (sulfide) groups is 1. The second-order valence-corrected chi connectivity index (χ2v) is 7.56. The second kappa shape index (κ2) is 8.21. The zero-order chi connectivity index (χ0) is 16.7. The van der Waals surface area contributed by atoms with Gasteiger partial charge in [0.1, 0.15) is 0 Å². The minimum absolute atomic E-state index is 0.101.